The van der Waals surface area contributed by atoms with Crippen molar-refractivity contribution < 1.29 is 14.3 Å². The zero-order valence-electron chi connectivity index (χ0n) is 14.5. The van der Waals surface area contributed by atoms with Crippen molar-refractivity contribution in [3.63, 3.8) is 0 Å². The minimum absolute atomic E-state index is 0.296. The van der Waals surface area contributed by atoms with Gasteiger partial charge in [-0.25, -0.2) is 4.79 Å². The largest absolute Gasteiger partial charge is 0.449 e. The summed E-state index contributed by atoms with van der Waals surface area (Å²) < 4.78 is 5.33. The van der Waals surface area contributed by atoms with Crippen molar-refractivity contribution in [1.82, 2.24) is 5.32 Å². The molecule has 0 unspecified atom stereocenters. The Balaban J connectivity index is 1.55. The molecule has 130 valence electrons. The van der Waals surface area contributed by atoms with E-state index in [4.69, 9.17) is 4.74 Å². The Hall–Kier alpha value is -2.62. The summed E-state index contributed by atoms with van der Waals surface area (Å²) in [6.07, 6.45) is 3.61. The molecule has 0 bridgehead atoms. The predicted octanol–water partition coefficient (Wildman–Crippen LogP) is 3.43. The zero-order valence-corrected chi connectivity index (χ0v) is 14.5. The van der Waals surface area contributed by atoms with Crippen molar-refractivity contribution in [2.24, 2.45) is 0 Å². The van der Waals surface area contributed by atoms with E-state index in [1.165, 1.54) is 17.5 Å². The van der Waals surface area contributed by atoms with Gasteiger partial charge in [0.15, 0.2) is 6.10 Å². The number of carbonyl (C=O) groups excluding carboxylic acids is 2. The van der Waals surface area contributed by atoms with Gasteiger partial charge in [-0.05, 0) is 61.4 Å². The first-order valence-electron chi connectivity index (χ1n) is 8.78. The molecule has 4 nitrogen and oxygen atoms in total. The number of hydrogen-bond acceptors (Lipinski definition) is 3. The summed E-state index contributed by atoms with van der Waals surface area (Å²) >= 11 is 0. The van der Waals surface area contributed by atoms with Crippen LogP contribution in [0.15, 0.2) is 48.5 Å². The fourth-order valence-electron chi connectivity index (χ4n) is 3.07. The average Bonchev–Trinajstić information content (AvgIpc) is 2.66. The van der Waals surface area contributed by atoms with Crippen LogP contribution in [0.4, 0.5) is 0 Å². The lowest BCUT2D eigenvalue weighted by atomic mass is 9.90. The van der Waals surface area contributed by atoms with Gasteiger partial charge in [-0.2, -0.15) is 0 Å². The molecule has 2 aromatic rings. The maximum Gasteiger partial charge on any atom is 0.338 e. The zero-order chi connectivity index (χ0) is 17.6. The minimum Gasteiger partial charge on any atom is -0.449 e. The SMILES string of the molecule is C[C@@H](OC(=O)c1ccc2c(c1)CCCC2)C(=O)NCc1ccccc1. The van der Waals surface area contributed by atoms with E-state index in [9.17, 15) is 9.59 Å². The molecule has 4 heteroatoms. The van der Waals surface area contributed by atoms with Crippen LogP contribution in [0.5, 0.6) is 0 Å². The highest BCUT2D eigenvalue weighted by Crippen LogP contribution is 2.22. The molecule has 0 saturated carbocycles. The molecule has 0 spiro atoms. The van der Waals surface area contributed by atoms with Crippen molar-refractivity contribution >= 4 is 11.9 Å². The quantitative estimate of drug-likeness (QED) is 0.851. The van der Waals surface area contributed by atoms with E-state index in [2.05, 4.69) is 5.32 Å². The molecule has 0 fully saturated rings. The first kappa shape index (κ1) is 17.2. The molecule has 25 heavy (non-hydrogen) atoms. The first-order valence-corrected chi connectivity index (χ1v) is 8.78. The average molecular weight is 337 g/mol. The summed E-state index contributed by atoms with van der Waals surface area (Å²) in [6, 6.07) is 15.3. The third-order valence-electron chi connectivity index (χ3n) is 4.55. The number of rotatable bonds is 5. The summed E-state index contributed by atoms with van der Waals surface area (Å²) in [5, 5.41) is 2.79. The summed E-state index contributed by atoms with van der Waals surface area (Å²) in [4.78, 5) is 24.4. The van der Waals surface area contributed by atoms with Crippen LogP contribution in [0.2, 0.25) is 0 Å². The van der Waals surface area contributed by atoms with Crippen molar-refractivity contribution in [1.29, 1.82) is 0 Å². The van der Waals surface area contributed by atoms with E-state index in [-0.39, 0.29) is 5.91 Å². The fourth-order valence-corrected chi connectivity index (χ4v) is 3.07. The highest BCUT2D eigenvalue weighted by atomic mass is 16.5. The smallest absolute Gasteiger partial charge is 0.338 e. The van der Waals surface area contributed by atoms with Crippen molar-refractivity contribution in [3.8, 4) is 0 Å². The van der Waals surface area contributed by atoms with Crippen molar-refractivity contribution in [2.75, 3.05) is 0 Å². The molecule has 1 atom stereocenters. The van der Waals surface area contributed by atoms with Gasteiger partial charge >= 0.3 is 5.97 Å². The van der Waals surface area contributed by atoms with Crippen LogP contribution in [-0.2, 0) is 28.9 Å². The maximum atomic E-state index is 12.3. The molecule has 1 aliphatic carbocycles. The molecule has 3 rings (SSSR count). The van der Waals surface area contributed by atoms with Crippen LogP contribution in [-0.4, -0.2) is 18.0 Å². The van der Waals surface area contributed by atoms with Gasteiger partial charge in [0.1, 0.15) is 0 Å². The number of fused-ring (bicyclic) bond motifs is 1. The summed E-state index contributed by atoms with van der Waals surface area (Å²) in [7, 11) is 0. The van der Waals surface area contributed by atoms with Crippen LogP contribution >= 0.6 is 0 Å². The predicted molar refractivity (Wildman–Crippen MR) is 96.3 cm³/mol. The summed E-state index contributed by atoms with van der Waals surface area (Å²) in [5.41, 5.74) is 4.06. The molecule has 1 amide bonds. The van der Waals surface area contributed by atoms with Crippen LogP contribution in [0, 0.1) is 0 Å². The summed E-state index contributed by atoms with van der Waals surface area (Å²) in [5.74, 6) is -0.745. The van der Waals surface area contributed by atoms with Crippen LogP contribution in [0.25, 0.3) is 0 Å². The highest BCUT2D eigenvalue weighted by molar-refractivity contribution is 5.92. The second-order valence-corrected chi connectivity index (χ2v) is 6.44. The fraction of sp³-hybridized carbons (Fsp3) is 0.333. The minimum atomic E-state index is -0.827. The van der Waals surface area contributed by atoms with E-state index >= 15 is 0 Å². The second kappa shape index (κ2) is 7.97. The number of carbonyl (C=O) groups is 2. The number of hydrogen-bond donors (Lipinski definition) is 1. The van der Waals surface area contributed by atoms with Gasteiger partial charge in [0.2, 0.25) is 0 Å². The number of nitrogens with one attached hydrogen (secondary N) is 1. The Kier molecular flexibility index (Phi) is 5.49. The number of ether oxygens (including phenoxy) is 1. The molecular formula is C21H23NO3. The topological polar surface area (TPSA) is 55.4 Å². The van der Waals surface area contributed by atoms with Crippen LogP contribution < -0.4 is 5.32 Å². The van der Waals surface area contributed by atoms with Gasteiger partial charge in [0.05, 0.1) is 5.56 Å². The lowest BCUT2D eigenvalue weighted by Gasteiger charge is -2.17. The van der Waals surface area contributed by atoms with Gasteiger partial charge < -0.3 is 10.1 Å². The van der Waals surface area contributed by atoms with Crippen molar-refractivity contribution in [2.45, 2.75) is 45.3 Å². The normalized spacial score (nSPS) is 14.3. The van der Waals surface area contributed by atoms with Crippen LogP contribution in [0.1, 0.15) is 46.8 Å². The maximum absolute atomic E-state index is 12.3. The Labute approximate surface area is 148 Å². The third-order valence-corrected chi connectivity index (χ3v) is 4.55. The van der Waals surface area contributed by atoms with E-state index in [1.54, 1.807) is 13.0 Å². The third kappa shape index (κ3) is 4.47. The van der Waals surface area contributed by atoms with Gasteiger partial charge in [-0.15, -0.1) is 0 Å². The van der Waals surface area contributed by atoms with E-state index < -0.39 is 12.1 Å². The molecule has 0 heterocycles. The molecule has 1 aliphatic rings. The van der Waals surface area contributed by atoms with Crippen LogP contribution in [0.3, 0.4) is 0 Å². The number of esters is 1. The Morgan fingerprint density at radius 3 is 2.52 bits per heavy atom. The second-order valence-electron chi connectivity index (χ2n) is 6.44. The van der Waals surface area contributed by atoms with Gasteiger partial charge in [0, 0.05) is 6.54 Å². The Morgan fingerprint density at radius 2 is 1.76 bits per heavy atom. The molecule has 0 aromatic heterocycles. The first-order chi connectivity index (χ1) is 12.1. The number of benzene rings is 2. The standard InChI is InChI=1S/C21H23NO3/c1-15(20(23)22-14-16-7-3-2-4-8-16)25-21(24)19-12-11-17-9-5-6-10-18(17)13-19/h2-4,7-8,11-13,15H,5-6,9-10,14H2,1H3,(H,22,23)/t15-/m1/s1. The number of amides is 1. The molecule has 1 N–H and O–H groups in total. The lowest BCUT2D eigenvalue weighted by Crippen LogP contribution is -2.35. The van der Waals surface area contributed by atoms with E-state index in [0.717, 1.165) is 24.8 Å². The van der Waals surface area contributed by atoms with Gasteiger partial charge in [0.25, 0.3) is 5.91 Å². The van der Waals surface area contributed by atoms with Crippen molar-refractivity contribution in [3.05, 3.63) is 70.8 Å². The Morgan fingerprint density at radius 1 is 1.04 bits per heavy atom. The van der Waals surface area contributed by atoms with Gasteiger partial charge in [-0.1, -0.05) is 36.4 Å². The Bertz CT molecular complexity index is 755. The van der Waals surface area contributed by atoms with E-state index in [1.807, 2.05) is 42.5 Å². The summed E-state index contributed by atoms with van der Waals surface area (Å²) in [6.45, 7) is 2.01. The number of aryl methyl sites for hydroxylation is 2. The highest BCUT2D eigenvalue weighted by Gasteiger charge is 2.20. The molecular weight excluding hydrogens is 314 g/mol. The molecule has 0 radical (unpaired) electrons. The molecule has 0 saturated heterocycles. The molecule has 2 aromatic carbocycles. The molecule has 0 aliphatic heterocycles. The monoisotopic (exact) mass is 337 g/mol. The van der Waals surface area contributed by atoms with E-state index in [0.29, 0.717) is 12.1 Å². The lowest BCUT2D eigenvalue weighted by molar-refractivity contribution is -0.129. The van der Waals surface area contributed by atoms with Gasteiger partial charge in [-0.3, -0.25) is 4.79 Å².